The number of rotatable bonds is 6. The molecule has 0 aromatic carbocycles. The van der Waals surface area contributed by atoms with E-state index < -0.39 is 23.2 Å². The van der Waals surface area contributed by atoms with Gasteiger partial charge in [-0.3, -0.25) is 4.79 Å². The predicted molar refractivity (Wildman–Crippen MR) is 84.7 cm³/mol. The Labute approximate surface area is 170 Å². The zero-order chi connectivity index (χ0) is 17.3. The number of amides is 1. The summed E-state index contributed by atoms with van der Waals surface area (Å²) in [4.78, 5) is 23.2. The number of fused-ring (bicyclic) bond motifs is 1. The number of carbonyl (C=O) groups excluding carboxylic acids is 2. The topological polar surface area (TPSA) is 99.9 Å². The monoisotopic (exact) mass is 356 g/mol. The molecular formula is C17H25N4NaO3. The van der Waals surface area contributed by atoms with Crippen LogP contribution in [0.4, 0.5) is 0 Å². The van der Waals surface area contributed by atoms with Gasteiger partial charge in [-0.2, -0.15) is 0 Å². The summed E-state index contributed by atoms with van der Waals surface area (Å²) in [5.41, 5.74) is -0.507. The zero-order valence-corrected chi connectivity index (χ0v) is 17.4. The second kappa shape index (κ2) is 8.18. The Morgan fingerprint density at radius 1 is 1.24 bits per heavy atom. The number of nitrogens with one attached hydrogen (secondary N) is 1. The van der Waals surface area contributed by atoms with Crippen molar-refractivity contribution in [1.29, 1.82) is 0 Å². The number of hydrogen-bond acceptors (Lipinski definition) is 5. The maximum atomic E-state index is 12.1. The molecular weight excluding hydrogens is 331 g/mol. The van der Waals surface area contributed by atoms with Crippen molar-refractivity contribution in [2.45, 2.75) is 58.9 Å². The van der Waals surface area contributed by atoms with Crippen molar-refractivity contribution in [2.24, 2.45) is 17.3 Å². The first-order valence-electron chi connectivity index (χ1n) is 8.82. The molecule has 1 N–H and O–H groups in total. The number of aromatic nitrogens is 3. The van der Waals surface area contributed by atoms with Crippen molar-refractivity contribution in [2.75, 3.05) is 6.54 Å². The van der Waals surface area contributed by atoms with Crippen molar-refractivity contribution in [3.8, 4) is 0 Å². The van der Waals surface area contributed by atoms with Crippen molar-refractivity contribution >= 4 is 11.9 Å². The van der Waals surface area contributed by atoms with Gasteiger partial charge in [0.1, 0.15) is 11.6 Å². The van der Waals surface area contributed by atoms with Gasteiger partial charge in [0.25, 0.3) is 0 Å². The van der Waals surface area contributed by atoms with Crippen LogP contribution in [-0.2, 0) is 29.0 Å². The van der Waals surface area contributed by atoms with E-state index in [4.69, 9.17) is 0 Å². The van der Waals surface area contributed by atoms with Crippen LogP contribution in [0.15, 0.2) is 0 Å². The van der Waals surface area contributed by atoms with E-state index in [1.165, 1.54) is 12.8 Å². The molecule has 3 rings (SSSR count). The summed E-state index contributed by atoms with van der Waals surface area (Å²) in [6, 6.07) is 0. The van der Waals surface area contributed by atoms with Crippen molar-refractivity contribution in [3.63, 3.8) is 0 Å². The Kier molecular flexibility index (Phi) is 6.68. The van der Waals surface area contributed by atoms with E-state index >= 15 is 0 Å². The Balaban J connectivity index is 0.00000225. The standard InChI is InChI=1S/C17H26N4O3.Na/c1-17(2)13(14(17)16(23)24)15(22)18-9-6-8-12-20-19-11-7-4-3-5-10-21(11)12;/h13-14H,3-10H2,1-2H3,(H,18,22)(H,23,24);/q;+1/p-1/t13-,14+;/m1./s1. The third-order valence-electron chi connectivity index (χ3n) is 5.43. The normalized spacial score (nSPS) is 23.8. The minimum Gasteiger partial charge on any atom is -0.550 e. The van der Waals surface area contributed by atoms with Gasteiger partial charge in [0.05, 0.1) is 5.92 Å². The molecule has 1 amide bonds. The van der Waals surface area contributed by atoms with Crippen molar-refractivity contribution in [3.05, 3.63) is 11.6 Å². The van der Waals surface area contributed by atoms with E-state index in [0.29, 0.717) is 6.54 Å². The van der Waals surface area contributed by atoms with E-state index in [-0.39, 0.29) is 35.5 Å². The first-order chi connectivity index (χ1) is 11.4. The summed E-state index contributed by atoms with van der Waals surface area (Å²) in [6.07, 6.45) is 6.10. The quantitative estimate of drug-likeness (QED) is 0.435. The molecule has 1 aliphatic carbocycles. The first-order valence-corrected chi connectivity index (χ1v) is 8.82. The van der Waals surface area contributed by atoms with Crippen LogP contribution >= 0.6 is 0 Å². The molecule has 2 heterocycles. The average molecular weight is 356 g/mol. The van der Waals surface area contributed by atoms with E-state index in [0.717, 1.165) is 43.9 Å². The maximum Gasteiger partial charge on any atom is 1.00 e. The third-order valence-corrected chi connectivity index (χ3v) is 5.43. The van der Waals surface area contributed by atoms with Gasteiger partial charge in [0.2, 0.25) is 5.91 Å². The molecule has 0 saturated heterocycles. The Morgan fingerprint density at radius 3 is 2.68 bits per heavy atom. The summed E-state index contributed by atoms with van der Waals surface area (Å²) >= 11 is 0. The largest absolute Gasteiger partial charge is 1.00 e. The molecule has 2 atom stereocenters. The predicted octanol–water partition coefficient (Wildman–Crippen LogP) is -2.92. The Hall–Kier alpha value is -0.920. The van der Waals surface area contributed by atoms with Crippen LogP contribution < -0.4 is 40.0 Å². The minimum atomic E-state index is -1.13. The molecule has 0 unspecified atom stereocenters. The van der Waals surface area contributed by atoms with Crippen LogP contribution in [0.3, 0.4) is 0 Å². The van der Waals surface area contributed by atoms with Gasteiger partial charge in [-0.15, -0.1) is 10.2 Å². The van der Waals surface area contributed by atoms with Gasteiger partial charge in [-0.1, -0.05) is 20.3 Å². The number of nitrogens with zero attached hydrogens (tertiary/aromatic N) is 3. The molecule has 0 bridgehead atoms. The van der Waals surface area contributed by atoms with E-state index in [9.17, 15) is 14.7 Å². The Bertz CT molecular complexity index is 644. The molecule has 2 aliphatic rings. The second-order valence-electron chi connectivity index (χ2n) is 7.49. The summed E-state index contributed by atoms with van der Waals surface area (Å²) in [6.45, 7) is 5.09. The first kappa shape index (κ1) is 20.4. The van der Waals surface area contributed by atoms with Gasteiger partial charge < -0.3 is 19.8 Å². The van der Waals surface area contributed by atoms with Crippen LogP contribution in [0.1, 0.15) is 51.2 Å². The van der Waals surface area contributed by atoms with Crippen LogP contribution in [0.2, 0.25) is 0 Å². The van der Waals surface area contributed by atoms with Crippen molar-refractivity contribution in [1.82, 2.24) is 20.1 Å². The molecule has 132 valence electrons. The number of hydrogen-bond donors (Lipinski definition) is 1. The number of carboxylic acids is 1. The van der Waals surface area contributed by atoms with E-state index in [1.807, 2.05) is 0 Å². The summed E-state index contributed by atoms with van der Waals surface area (Å²) in [5, 5.41) is 22.4. The van der Waals surface area contributed by atoms with Crippen LogP contribution in [-0.4, -0.2) is 33.2 Å². The van der Waals surface area contributed by atoms with Gasteiger partial charge in [-0.05, 0) is 24.7 Å². The Morgan fingerprint density at radius 2 is 2.00 bits per heavy atom. The van der Waals surface area contributed by atoms with Crippen LogP contribution in [0.5, 0.6) is 0 Å². The number of carboxylic acid groups (broad SMARTS) is 1. The molecule has 1 aliphatic heterocycles. The molecule has 7 nitrogen and oxygen atoms in total. The third kappa shape index (κ3) is 4.26. The second-order valence-corrected chi connectivity index (χ2v) is 7.49. The van der Waals surface area contributed by atoms with Crippen LogP contribution in [0.25, 0.3) is 0 Å². The average Bonchev–Trinajstić information content (AvgIpc) is 3.04. The van der Waals surface area contributed by atoms with Crippen LogP contribution in [0, 0.1) is 17.3 Å². The number of aryl methyl sites for hydroxylation is 2. The molecule has 8 heteroatoms. The summed E-state index contributed by atoms with van der Waals surface area (Å²) < 4.78 is 2.21. The van der Waals surface area contributed by atoms with Gasteiger partial charge in [0, 0.05) is 37.8 Å². The van der Waals surface area contributed by atoms with Gasteiger partial charge >= 0.3 is 29.6 Å². The summed E-state index contributed by atoms with van der Waals surface area (Å²) in [7, 11) is 0. The van der Waals surface area contributed by atoms with E-state index in [1.54, 1.807) is 13.8 Å². The minimum absolute atomic E-state index is 0. The fraction of sp³-hybridized carbons (Fsp3) is 0.765. The molecule has 1 aromatic heterocycles. The number of aliphatic carboxylic acids is 1. The fourth-order valence-electron chi connectivity index (χ4n) is 3.87. The van der Waals surface area contributed by atoms with E-state index in [2.05, 4.69) is 20.1 Å². The zero-order valence-electron chi connectivity index (χ0n) is 15.4. The molecule has 25 heavy (non-hydrogen) atoms. The molecule has 1 saturated carbocycles. The van der Waals surface area contributed by atoms with Crippen molar-refractivity contribution < 1.29 is 44.3 Å². The summed E-state index contributed by atoms with van der Waals surface area (Å²) in [5.74, 6) is -0.416. The van der Waals surface area contributed by atoms with Gasteiger partial charge in [-0.25, -0.2) is 0 Å². The smallest absolute Gasteiger partial charge is 0.550 e. The molecule has 1 fully saturated rings. The van der Waals surface area contributed by atoms with Gasteiger partial charge in [0.15, 0.2) is 0 Å². The molecule has 1 aromatic rings. The SMILES string of the molecule is CC1(C)[C@H](C(=O)[O-])[C@@H]1C(=O)NCCCc1nnc2n1CCCCC2.[Na+]. The molecule has 0 spiro atoms. The fourth-order valence-corrected chi connectivity index (χ4v) is 3.87. The number of carbonyl (C=O) groups is 2. The maximum absolute atomic E-state index is 12.1. The molecule has 0 radical (unpaired) electrons.